The van der Waals surface area contributed by atoms with Crippen molar-refractivity contribution in [1.82, 2.24) is 0 Å². The first-order valence-corrected chi connectivity index (χ1v) is 5.76. The molecule has 0 fully saturated rings. The molecule has 3 nitrogen and oxygen atoms in total. The average molecular weight is 280 g/mol. The fraction of sp³-hybridized carbons (Fsp3) is 0.214. The Morgan fingerprint density at radius 2 is 2.05 bits per heavy atom. The van der Waals surface area contributed by atoms with Gasteiger partial charge in [-0.25, -0.2) is 0 Å². The number of anilines is 1. The third kappa shape index (κ3) is 2.94. The number of benzene rings is 1. The second-order valence-electron chi connectivity index (χ2n) is 4.27. The number of nitriles is 1. The van der Waals surface area contributed by atoms with Crippen LogP contribution in [0.25, 0.3) is 0 Å². The summed E-state index contributed by atoms with van der Waals surface area (Å²) in [6.07, 6.45) is -3.00. The Morgan fingerprint density at radius 3 is 2.60 bits per heavy atom. The maximum Gasteiger partial charge on any atom is 0.417 e. The first-order valence-electron chi connectivity index (χ1n) is 5.76. The normalized spacial score (nSPS) is 11.2. The molecule has 0 saturated carbocycles. The van der Waals surface area contributed by atoms with Crippen LogP contribution in [0.3, 0.4) is 0 Å². The number of halogens is 3. The lowest BCUT2D eigenvalue weighted by Crippen LogP contribution is -2.17. The van der Waals surface area contributed by atoms with E-state index in [1.165, 1.54) is 18.4 Å². The van der Waals surface area contributed by atoms with Crippen LogP contribution in [-0.2, 0) is 12.7 Å². The fourth-order valence-electron chi connectivity index (χ4n) is 1.84. The van der Waals surface area contributed by atoms with Crippen LogP contribution in [0.1, 0.15) is 16.9 Å². The van der Waals surface area contributed by atoms with Gasteiger partial charge in [-0.2, -0.15) is 18.4 Å². The van der Waals surface area contributed by atoms with Crippen molar-refractivity contribution in [2.45, 2.75) is 12.7 Å². The number of alkyl halides is 3. The van der Waals surface area contributed by atoms with E-state index in [-0.39, 0.29) is 5.56 Å². The molecule has 1 aromatic heterocycles. The van der Waals surface area contributed by atoms with Crippen LogP contribution in [0.15, 0.2) is 41.0 Å². The highest BCUT2D eigenvalue weighted by Crippen LogP contribution is 2.33. The van der Waals surface area contributed by atoms with Gasteiger partial charge < -0.3 is 9.32 Å². The second-order valence-corrected chi connectivity index (χ2v) is 4.27. The van der Waals surface area contributed by atoms with Crippen molar-refractivity contribution < 1.29 is 17.6 Å². The lowest BCUT2D eigenvalue weighted by Gasteiger charge is -2.19. The molecule has 0 atom stereocenters. The highest BCUT2D eigenvalue weighted by molar-refractivity contribution is 5.55. The minimum Gasteiger partial charge on any atom is -0.467 e. The quantitative estimate of drug-likeness (QED) is 0.858. The highest BCUT2D eigenvalue weighted by Gasteiger charge is 2.33. The summed E-state index contributed by atoms with van der Waals surface area (Å²) in [5, 5.41) is 8.86. The Labute approximate surface area is 113 Å². The third-order valence-corrected chi connectivity index (χ3v) is 2.84. The van der Waals surface area contributed by atoms with Crippen LogP contribution >= 0.6 is 0 Å². The molecule has 2 rings (SSSR count). The van der Waals surface area contributed by atoms with Crippen molar-refractivity contribution in [2.24, 2.45) is 0 Å². The highest BCUT2D eigenvalue weighted by atomic mass is 19.4. The number of hydrogen-bond acceptors (Lipinski definition) is 3. The molecule has 2 aromatic rings. The van der Waals surface area contributed by atoms with E-state index in [2.05, 4.69) is 0 Å². The number of nitrogens with zero attached hydrogens (tertiary/aromatic N) is 2. The average Bonchev–Trinajstić information content (AvgIpc) is 2.89. The summed E-state index contributed by atoms with van der Waals surface area (Å²) < 4.78 is 43.3. The van der Waals surface area contributed by atoms with Crippen molar-refractivity contribution in [1.29, 1.82) is 5.26 Å². The van der Waals surface area contributed by atoms with E-state index in [4.69, 9.17) is 9.68 Å². The Hall–Kier alpha value is -2.42. The van der Waals surface area contributed by atoms with Gasteiger partial charge in [0.25, 0.3) is 0 Å². The summed E-state index contributed by atoms with van der Waals surface area (Å²) in [6, 6.07) is 8.58. The summed E-state index contributed by atoms with van der Waals surface area (Å²) in [7, 11) is 1.71. The predicted octanol–water partition coefficient (Wildman–Crippen LogP) is 3.81. The van der Waals surface area contributed by atoms with Gasteiger partial charge >= 0.3 is 6.18 Å². The zero-order valence-electron chi connectivity index (χ0n) is 10.6. The third-order valence-electron chi connectivity index (χ3n) is 2.84. The van der Waals surface area contributed by atoms with Gasteiger partial charge in [0, 0.05) is 12.7 Å². The molecule has 0 aliphatic rings. The molecule has 0 spiro atoms. The van der Waals surface area contributed by atoms with Crippen molar-refractivity contribution >= 4 is 5.69 Å². The first kappa shape index (κ1) is 14.0. The molecule has 104 valence electrons. The molecule has 1 aromatic carbocycles. The molecule has 0 radical (unpaired) electrons. The molecule has 0 amide bonds. The molecule has 20 heavy (non-hydrogen) atoms. The zero-order chi connectivity index (χ0) is 14.8. The number of furan rings is 1. The zero-order valence-corrected chi connectivity index (χ0v) is 10.6. The molecule has 1 heterocycles. The van der Waals surface area contributed by atoms with Crippen LogP contribution in [0, 0.1) is 11.3 Å². The molecule has 0 aliphatic heterocycles. The van der Waals surface area contributed by atoms with E-state index in [9.17, 15) is 13.2 Å². The van der Waals surface area contributed by atoms with Gasteiger partial charge in [-0.1, -0.05) is 0 Å². The maximum atomic E-state index is 12.7. The lowest BCUT2D eigenvalue weighted by atomic mass is 10.1. The minimum absolute atomic E-state index is 0.388. The fourth-order valence-corrected chi connectivity index (χ4v) is 1.84. The predicted molar refractivity (Wildman–Crippen MR) is 67.0 cm³/mol. The second kappa shape index (κ2) is 5.29. The van der Waals surface area contributed by atoms with Gasteiger partial charge in [0.15, 0.2) is 0 Å². The molecular formula is C14H11F3N2O. The van der Waals surface area contributed by atoms with Crippen LogP contribution in [-0.4, -0.2) is 7.05 Å². The van der Waals surface area contributed by atoms with Crippen molar-refractivity contribution in [2.75, 3.05) is 11.9 Å². The standard InChI is InChI=1S/C14H11F3N2O/c1-19(9-12-3-2-6-20-12)11-4-5-13(14(15,16)17)10(7-11)8-18/h2-7H,9H2,1H3. The Kier molecular flexibility index (Phi) is 3.70. The minimum atomic E-state index is -4.52. The van der Waals surface area contributed by atoms with Crippen LogP contribution in [0.4, 0.5) is 18.9 Å². The summed E-state index contributed by atoms with van der Waals surface area (Å²) >= 11 is 0. The molecule has 0 unspecified atom stereocenters. The molecule has 0 bridgehead atoms. The van der Waals surface area contributed by atoms with Gasteiger partial charge in [0.2, 0.25) is 0 Å². The number of rotatable bonds is 3. The molecule has 0 saturated heterocycles. The maximum absolute atomic E-state index is 12.7. The van der Waals surface area contributed by atoms with E-state index in [0.717, 1.165) is 6.07 Å². The van der Waals surface area contributed by atoms with Gasteiger partial charge in [-0.05, 0) is 30.3 Å². The van der Waals surface area contributed by atoms with Crippen LogP contribution in [0.5, 0.6) is 0 Å². The van der Waals surface area contributed by atoms with Crippen molar-refractivity contribution in [3.05, 3.63) is 53.5 Å². The van der Waals surface area contributed by atoms with Crippen LogP contribution < -0.4 is 4.90 Å². The van der Waals surface area contributed by atoms with Gasteiger partial charge in [0.1, 0.15) is 5.76 Å². The van der Waals surface area contributed by atoms with E-state index < -0.39 is 11.7 Å². The Morgan fingerprint density at radius 1 is 1.30 bits per heavy atom. The number of hydrogen-bond donors (Lipinski definition) is 0. The van der Waals surface area contributed by atoms with E-state index >= 15 is 0 Å². The van der Waals surface area contributed by atoms with Gasteiger partial charge in [-0.3, -0.25) is 0 Å². The first-order chi connectivity index (χ1) is 9.41. The monoisotopic (exact) mass is 280 g/mol. The summed E-state index contributed by atoms with van der Waals surface area (Å²) in [6.45, 7) is 0.406. The smallest absolute Gasteiger partial charge is 0.417 e. The van der Waals surface area contributed by atoms with E-state index in [1.54, 1.807) is 30.1 Å². The Bertz CT molecular complexity index is 627. The lowest BCUT2D eigenvalue weighted by molar-refractivity contribution is -0.137. The summed E-state index contributed by atoms with van der Waals surface area (Å²) in [5.74, 6) is 0.686. The summed E-state index contributed by atoms with van der Waals surface area (Å²) in [4.78, 5) is 1.71. The molecule has 0 N–H and O–H groups in total. The largest absolute Gasteiger partial charge is 0.467 e. The van der Waals surface area contributed by atoms with E-state index in [1.807, 2.05) is 0 Å². The van der Waals surface area contributed by atoms with Crippen molar-refractivity contribution in [3.8, 4) is 6.07 Å². The van der Waals surface area contributed by atoms with Crippen molar-refractivity contribution in [3.63, 3.8) is 0 Å². The molecular weight excluding hydrogens is 269 g/mol. The molecule has 6 heteroatoms. The summed E-state index contributed by atoms with van der Waals surface area (Å²) in [5.41, 5.74) is -0.789. The SMILES string of the molecule is CN(Cc1ccco1)c1ccc(C(F)(F)F)c(C#N)c1. The van der Waals surface area contributed by atoms with Gasteiger partial charge in [0.05, 0.1) is 30.0 Å². The Balaban J connectivity index is 2.28. The topological polar surface area (TPSA) is 40.2 Å². The molecule has 0 aliphatic carbocycles. The van der Waals surface area contributed by atoms with Crippen LogP contribution in [0.2, 0.25) is 0 Å². The van der Waals surface area contributed by atoms with Gasteiger partial charge in [-0.15, -0.1) is 0 Å². The van der Waals surface area contributed by atoms with E-state index in [0.29, 0.717) is 18.0 Å².